The predicted octanol–water partition coefficient (Wildman–Crippen LogP) is 2.67. The first-order valence-electron chi connectivity index (χ1n) is 5.20. The average molecular weight is 272 g/mol. The minimum absolute atomic E-state index is 0.627. The lowest BCUT2D eigenvalue weighted by molar-refractivity contribution is -0.146. The minimum Gasteiger partial charge on any atom is -0.480 e. The van der Waals surface area contributed by atoms with Crippen LogP contribution in [-0.2, 0) is 9.59 Å². The number of aliphatic carboxylic acids is 1. The zero-order valence-electron chi connectivity index (χ0n) is 9.99. The monoisotopic (exact) mass is 272 g/mol. The van der Waals surface area contributed by atoms with Crippen LogP contribution in [0, 0.1) is 0 Å². The largest absolute Gasteiger partial charge is 0.480 e. The highest BCUT2D eigenvalue weighted by Gasteiger charge is 2.43. The number of hydrogen-bond donors (Lipinski definition) is 1. The molecule has 1 aromatic rings. The summed E-state index contributed by atoms with van der Waals surface area (Å²) in [4.78, 5) is 27.4. The van der Waals surface area contributed by atoms with E-state index in [4.69, 9.17) is 16.2 Å². The van der Waals surface area contributed by atoms with Crippen LogP contribution < -0.4 is 0 Å². The van der Waals surface area contributed by atoms with E-state index in [0.717, 1.165) is 6.08 Å². The Labute approximate surface area is 112 Å². The standard InChI is InChI=1S/C11H8N6O3/c12-16-14-11(10(19)20,15-17-13)9(18)7-6-8-4-2-1-3-5-8/h1-7H,(H,19,20)/b7-6+. The Hall–Kier alpha value is -3.28. The molecule has 0 saturated carbocycles. The summed E-state index contributed by atoms with van der Waals surface area (Å²) in [5.74, 6) is -3.00. The van der Waals surface area contributed by atoms with Crippen molar-refractivity contribution in [1.29, 1.82) is 0 Å². The second-order valence-corrected chi connectivity index (χ2v) is 3.46. The van der Waals surface area contributed by atoms with Crippen molar-refractivity contribution < 1.29 is 14.7 Å². The summed E-state index contributed by atoms with van der Waals surface area (Å²) in [6.07, 6.45) is 2.20. The van der Waals surface area contributed by atoms with E-state index in [1.54, 1.807) is 30.3 Å². The third kappa shape index (κ3) is 3.14. The van der Waals surface area contributed by atoms with Gasteiger partial charge >= 0.3 is 5.97 Å². The highest BCUT2D eigenvalue weighted by atomic mass is 16.4. The van der Waals surface area contributed by atoms with Gasteiger partial charge in [-0.2, -0.15) is 0 Å². The van der Waals surface area contributed by atoms with Gasteiger partial charge in [0.25, 0.3) is 5.66 Å². The zero-order chi connectivity index (χ0) is 15.0. The van der Waals surface area contributed by atoms with Crippen LogP contribution in [0.2, 0.25) is 0 Å². The molecule has 0 unspecified atom stereocenters. The molecule has 1 aromatic carbocycles. The Morgan fingerprint density at radius 1 is 1.15 bits per heavy atom. The van der Waals surface area contributed by atoms with Gasteiger partial charge in [-0.3, -0.25) is 9.59 Å². The van der Waals surface area contributed by atoms with Gasteiger partial charge in [0.2, 0.25) is 0 Å². The molecule has 0 amide bonds. The van der Waals surface area contributed by atoms with Gasteiger partial charge in [0, 0.05) is 9.82 Å². The predicted molar refractivity (Wildman–Crippen MR) is 69.1 cm³/mol. The van der Waals surface area contributed by atoms with Gasteiger partial charge < -0.3 is 5.11 Å². The fourth-order valence-electron chi connectivity index (χ4n) is 1.29. The number of benzene rings is 1. The van der Waals surface area contributed by atoms with Crippen molar-refractivity contribution in [1.82, 2.24) is 0 Å². The molecule has 1 rings (SSSR count). The molecule has 20 heavy (non-hydrogen) atoms. The number of ketones is 1. The minimum atomic E-state index is -2.85. The summed E-state index contributed by atoms with van der Waals surface area (Å²) in [5.41, 5.74) is 14.5. The Kier molecular flexibility index (Phi) is 4.88. The molecule has 0 aromatic heterocycles. The Bertz CT molecular complexity index is 618. The molecule has 9 nitrogen and oxygen atoms in total. The van der Waals surface area contributed by atoms with Gasteiger partial charge in [-0.05, 0) is 22.7 Å². The Balaban J connectivity index is 3.19. The summed E-state index contributed by atoms with van der Waals surface area (Å²) in [6.45, 7) is 0. The highest BCUT2D eigenvalue weighted by Crippen LogP contribution is 2.18. The summed E-state index contributed by atoms with van der Waals surface area (Å²) >= 11 is 0. The lowest BCUT2D eigenvalue weighted by Gasteiger charge is -2.13. The van der Waals surface area contributed by atoms with Crippen molar-refractivity contribution >= 4 is 17.8 Å². The average Bonchev–Trinajstić information content (AvgIpc) is 2.45. The number of carboxylic acid groups (broad SMARTS) is 1. The Morgan fingerprint density at radius 2 is 1.70 bits per heavy atom. The van der Waals surface area contributed by atoms with Gasteiger partial charge in [0.15, 0.2) is 5.78 Å². The van der Waals surface area contributed by atoms with Gasteiger partial charge in [-0.1, -0.05) is 46.6 Å². The first-order chi connectivity index (χ1) is 9.56. The van der Waals surface area contributed by atoms with Gasteiger partial charge in [0.1, 0.15) is 0 Å². The maximum Gasteiger partial charge on any atom is 0.329 e. The van der Waals surface area contributed by atoms with E-state index in [-0.39, 0.29) is 0 Å². The van der Waals surface area contributed by atoms with E-state index >= 15 is 0 Å². The topological polar surface area (TPSA) is 152 Å². The van der Waals surface area contributed by atoms with Crippen molar-refractivity contribution in [3.63, 3.8) is 0 Å². The first-order valence-corrected chi connectivity index (χ1v) is 5.20. The molecule has 0 aliphatic heterocycles. The maximum absolute atomic E-state index is 11.9. The number of carbonyl (C=O) groups is 2. The quantitative estimate of drug-likeness (QED) is 0.278. The molecule has 0 bridgehead atoms. The van der Waals surface area contributed by atoms with Crippen LogP contribution in [0.25, 0.3) is 27.0 Å². The first kappa shape index (κ1) is 14.8. The number of rotatable bonds is 6. The number of carbonyl (C=O) groups excluding carboxylic acids is 1. The molecule has 100 valence electrons. The second-order valence-electron chi connectivity index (χ2n) is 3.46. The lowest BCUT2D eigenvalue weighted by Crippen LogP contribution is -2.41. The van der Waals surface area contributed by atoms with Gasteiger partial charge in [-0.15, -0.1) is 0 Å². The molecule has 0 fully saturated rings. The van der Waals surface area contributed by atoms with Crippen LogP contribution in [0.3, 0.4) is 0 Å². The van der Waals surface area contributed by atoms with Crippen molar-refractivity contribution in [2.75, 3.05) is 0 Å². The van der Waals surface area contributed by atoms with E-state index in [9.17, 15) is 9.59 Å². The van der Waals surface area contributed by atoms with E-state index in [1.807, 2.05) is 0 Å². The van der Waals surface area contributed by atoms with Crippen LogP contribution in [0.1, 0.15) is 5.56 Å². The number of nitrogens with zero attached hydrogens (tertiary/aromatic N) is 6. The molecular weight excluding hydrogens is 264 g/mol. The van der Waals surface area contributed by atoms with Crippen LogP contribution in [0.15, 0.2) is 46.6 Å². The number of hydrogen-bond acceptors (Lipinski definition) is 4. The number of azide groups is 1. The fourth-order valence-corrected chi connectivity index (χ4v) is 1.29. The molecular formula is C11H8N6O3. The van der Waals surface area contributed by atoms with Crippen molar-refractivity contribution in [3.05, 3.63) is 62.9 Å². The zero-order valence-corrected chi connectivity index (χ0v) is 9.99. The highest BCUT2D eigenvalue weighted by molar-refractivity contribution is 6.14. The molecule has 0 radical (unpaired) electrons. The van der Waals surface area contributed by atoms with Crippen LogP contribution in [0.4, 0.5) is 0 Å². The molecule has 0 atom stereocenters. The van der Waals surface area contributed by atoms with Gasteiger partial charge in [-0.25, -0.2) is 0 Å². The summed E-state index contributed by atoms with van der Waals surface area (Å²) in [5, 5.41) is 14.6. The third-order valence-electron chi connectivity index (χ3n) is 2.25. The van der Waals surface area contributed by atoms with E-state index in [1.165, 1.54) is 6.08 Å². The SMILES string of the molecule is [N-]=[N+]=NC(N=[N+]=[N-])(C(=O)O)C(=O)/C=C/c1ccccc1. The molecule has 9 heteroatoms. The summed E-state index contributed by atoms with van der Waals surface area (Å²) in [7, 11) is 0. The van der Waals surface area contributed by atoms with E-state index in [2.05, 4.69) is 20.1 Å². The molecule has 0 saturated heterocycles. The molecule has 0 aliphatic rings. The second kappa shape index (κ2) is 6.60. The lowest BCUT2D eigenvalue weighted by atomic mass is 10.1. The molecule has 0 spiro atoms. The molecule has 0 aliphatic carbocycles. The number of carboxylic acids is 1. The van der Waals surface area contributed by atoms with Crippen LogP contribution in [0.5, 0.6) is 0 Å². The fraction of sp³-hybridized carbons (Fsp3) is 0.0909. The maximum atomic E-state index is 11.9. The molecule has 0 heterocycles. The van der Waals surface area contributed by atoms with Crippen molar-refractivity contribution in [2.45, 2.75) is 5.66 Å². The van der Waals surface area contributed by atoms with Crippen molar-refractivity contribution in [3.8, 4) is 0 Å². The van der Waals surface area contributed by atoms with Crippen molar-refractivity contribution in [2.24, 2.45) is 10.2 Å². The van der Waals surface area contributed by atoms with E-state index in [0.29, 0.717) is 5.56 Å². The smallest absolute Gasteiger partial charge is 0.329 e. The van der Waals surface area contributed by atoms with Crippen LogP contribution in [-0.4, -0.2) is 22.5 Å². The van der Waals surface area contributed by atoms with Gasteiger partial charge in [0.05, 0.1) is 0 Å². The van der Waals surface area contributed by atoms with Crippen LogP contribution >= 0.6 is 0 Å². The van der Waals surface area contributed by atoms with E-state index < -0.39 is 17.4 Å². The third-order valence-corrected chi connectivity index (χ3v) is 2.25. The summed E-state index contributed by atoms with van der Waals surface area (Å²) in [6, 6.07) is 8.55. The normalized spacial score (nSPS) is 12.8. The molecule has 1 N–H and O–H groups in total. The summed E-state index contributed by atoms with van der Waals surface area (Å²) < 4.78 is 0. The Morgan fingerprint density at radius 3 is 2.15 bits per heavy atom.